The summed E-state index contributed by atoms with van der Waals surface area (Å²) >= 11 is 3.51. The van der Waals surface area contributed by atoms with Crippen LogP contribution < -0.4 is 14.8 Å². The lowest BCUT2D eigenvalue weighted by Gasteiger charge is -2.13. The maximum Gasteiger partial charge on any atom is 0.139 e. The summed E-state index contributed by atoms with van der Waals surface area (Å²) in [6.07, 6.45) is 2.10. The molecule has 0 aliphatic rings. The molecule has 4 heteroatoms. The van der Waals surface area contributed by atoms with Crippen molar-refractivity contribution < 1.29 is 9.47 Å². The summed E-state index contributed by atoms with van der Waals surface area (Å²) in [4.78, 5) is 0. The number of nitrogens with one attached hydrogen (secondary N) is 1. The van der Waals surface area contributed by atoms with Crippen molar-refractivity contribution >= 4 is 15.9 Å². The van der Waals surface area contributed by atoms with E-state index in [1.807, 2.05) is 6.07 Å². The van der Waals surface area contributed by atoms with E-state index in [1.165, 1.54) is 5.56 Å². The van der Waals surface area contributed by atoms with Gasteiger partial charge in [0.1, 0.15) is 16.0 Å². The molecule has 96 valence electrons. The monoisotopic (exact) mass is 301 g/mol. The average molecular weight is 302 g/mol. The van der Waals surface area contributed by atoms with Gasteiger partial charge in [0.15, 0.2) is 0 Å². The lowest BCUT2D eigenvalue weighted by molar-refractivity contribution is 0.386. The predicted molar refractivity (Wildman–Crippen MR) is 74.1 cm³/mol. The number of benzene rings is 1. The molecule has 0 amide bonds. The first-order chi connectivity index (χ1) is 8.24. The van der Waals surface area contributed by atoms with Gasteiger partial charge in [0.2, 0.25) is 0 Å². The zero-order chi connectivity index (χ0) is 12.7. The third-order valence-electron chi connectivity index (χ3n) is 2.62. The molecule has 0 aromatic heterocycles. The summed E-state index contributed by atoms with van der Waals surface area (Å²) in [6.45, 7) is 4.16. The fraction of sp³-hybridized carbons (Fsp3) is 0.538. The van der Waals surface area contributed by atoms with Crippen molar-refractivity contribution in [3.8, 4) is 11.5 Å². The SMILES string of the molecule is CCNCCCc1ccc(OC)c(Br)c1OC. The molecule has 0 bridgehead atoms. The number of methoxy groups -OCH3 is 2. The summed E-state index contributed by atoms with van der Waals surface area (Å²) in [7, 11) is 3.34. The molecule has 0 radical (unpaired) electrons. The molecule has 0 aliphatic carbocycles. The third kappa shape index (κ3) is 3.89. The first-order valence-corrected chi connectivity index (χ1v) is 6.64. The standard InChI is InChI=1S/C13H20BrNO2/c1-4-15-9-5-6-10-7-8-11(16-2)12(14)13(10)17-3/h7-8,15H,4-6,9H2,1-3H3. The van der Waals surface area contributed by atoms with Gasteiger partial charge in [0.05, 0.1) is 14.2 Å². The fourth-order valence-electron chi connectivity index (χ4n) is 1.73. The van der Waals surface area contributed by atoms with Crippen LogP contribution in [0.5, 0.6) is 11.5 Å². The van der Waals surface area contributed by atoms with Crippen LogP contribution in [0.2, 0.25) is 0 Å². The van der Waals surface area contributed by atoms with Crippen LogP contribution in [0, 0.1) is 0 Å². The highest BCUT2D eigenvalue weighted by Crippen LogP contribution is 2.37. The molecule has 0 aliphatic heterocycles. The topological polar surface area (TPSA) is 30.5 Å². The van der Waals surface area contributed by atoms with E-state index in [-0.39, 0.29) is 0 Å². The van der Waals surface area contributed by atoms with Crippen LogP contribution in [-0.2, 0) is 6.42 Å². The van der Waals surface area contributed by atoms with E-state index in [0.29, 0.717) is 0 Å². The van der Waals surface area contributed by atoms with Crippen molar-refractivity contribution in [1.29, 1.82) is 0 Å². The van der Waals surface area contributed by atoms with Crippen molar-refractivity contribution in [2.75, 3.05) is 27.3 Å². The van der Waals surface area contributed by atoms with Gasteiger partial charge in [-0.05, 0) is 53.5 Å². The Bertz CT molecular complexity index is 356. The Kier molecular flexibility index (Phi) is 6.37. The second-order valence-electron chi connectivity index (χ2n) is 3.73. The largest absolute Gasteiger partial charge is 0.495 e. The van der Waals surface area contributed by atoms with Gasteiger partial charge in [-0.2, -0.15) is 0 Å². The highest BCUT2D eigenvalue weighted by Gasteiger charge is 2.11. The molecule has 1 aromatic carbocycles. The van der Waals surface area contributed by atoms with Crippen LogP contribution in [0.3, 0.4) is 0 Å². The number of aryl methyl sites for hydroxylation is 1. The van der Waals surface area contributed by atoms with Gasteiger partial charge >= 0.3 is 0 Å². The van der Waals surface area contributed by atoms with E-state index < -0.39 is 0 Å². The quantitative estimate of drug-likeness (QED) is 0.785. The molecule has 0 unspecified atom stereocenters. The highest BCUT2D eigenvalue weighted by atomic mass is 79.9. The molecule has 0 fully saturated rings. The Morgan fingerprint density at radius 1 is 1.24 bits per heavy atom. The van der Waals surface area contributed by atoms with Crippen LogP contribution in [0.25, 0.3) is 0 Å². The summed E-state index contributed by atoms with van der Waals surface area (Å²) in [5.41, 5.74) is 1.21. The molecule has 0 saturated carbocycles. The smallest absolute Gasteiger partial charge is 0.139 e. The van der Waals surface area contributed by atoms with E-state index in [0.717, 1.165) is 41.9 Å². The second-order valence-corrected chi connectivity index (χ2v) is 4.52. The summed E-state index contributed by atoms with van der Waals surface area (Å²) in [6, 6.07) is 4.03. The molecular weight excluding hydrogens is 282 g/mol. The second kappa shape index (κ2) is 7.56. The molecule has 1 aromatic rings. The Labute approximate surface area is 112 Å². The zero-order valence-electron chi connectivity index (χ0n) is 10.7. The van der Waals surface area contributed by atoms with Crippen LogP contribution in [0.15, 0.2) is 16.6 Å². The molecule has 0 heterocycles. The van der Waals surface area contributed by atoms with Crippen molar-refractivity contribution in [3.05, 3.63) is 22.2 Å². The van der Waals surface area contributed by atoms with Gasteiger partial charge in [-0.25, -0.2) is 0 Å². The van der Waals surface area contributed by atoms with Gasteiger partial charge in [-0.1, -0.05) is 13.0 Å². The van der Waals surface area contributed by atoms with E-state index >= 15 is 0 Å². The van der Waals surface area contributed by atoms with Crippen LogP contribution >= 0.6 is 15.9 Å². The molecule has 1 N–H and O–H groups in total. The Morgan fingerprint density at radius 2 is 2.00 bits per heavy atom. The van der Waals surface area contributed by atoms with Crippen LogP contribution in [0.1, 0.15) is 18.9 Å². The fourth-order valence-corrected chi connectivity index (χ4v) is 2.44. The Hall–Kier alpha value is -0.740. The van der Waals surface area contributed by atoms with E-state index in [2.05, 4.69) is 34.2 Å². The lowest BCUT2D eigenvalue weighted by Crippen LogP contribution is -2.14. The number of hydrogen-bond donors (Lipinski definition) is 1. The van der Waals surface area contributed by atoms with Gasteiger partial charge in [0.25, 0.3) is 0 Å². The number of halogens is 1. The molecule has 0 saturated heterocycles. The van der Waals surface area contributed by atoms with Crippen molar-refractivity contribution in [1.82, 2.24) is 5.32 Å². The maximum atomic E-state index is 5.43. The highest BCUT2D eigenvalue weighted by molar-refractivity contribution is 9.10. The summed E-state index contributed by atoms with van der Waals surface area (Å²) < 4.78 is 11.6. The van der Waals surface area contributed by atoms with E-state index in [4.69, 9.17) is 9.47 Å². The maximum absolute atomic E-state index is 5.43. The van der Waals surface area contributed by atoms with Gasteiger partial charge in [-0.3, -0.25) is 0 Å². The first-order valence-electron chi connectivity index (χ1n) is 5.84. The van der Waals surface area contributed by atoms with Crippen molar-refractivity contribution in [3.63, 3.8) is 0 Å². The van der Waals surface area contributed by atoms with Crippen molar-refractivity contribution in [2.24, 2.45) is 0 Å². The normalized spacial score (nSPS) is 10.4. The molecule has 17 heavy (non-hydrogen) atoms. The molecule has 0 spiro atoms. The van der Waals surface area contributed by atoms with E-state index in [1.54, 1.807) is 14.2 Å². The number of rotatable bonds is 7. The minimum absolute atomic E-state index is 0.803. The number of ether oxygens (including phenoxy) is 2. The Balaban J connectivity index is 2.74. The van der Waals surface area contributed by atoms with Gasteiger partial charge < -0.3 is 14.8 Å². The van der Waals surface area contributed by atoms with Crippen LogP contribution in [-0.4, -0.2) is 27.3 Å². The Morgan fingerprint density at radius 3 is 2.59 bits per heavy atom. The number of hydrogen-bond acceptors (Lipinski definition) is 3. The van der Waals surface area contributed by atoms with Gasteiger partial charge in [-0.15, -0.1) is 0 Å². The summed E-state index contributed by atoms with van der Waals surface area (Å²) in [5.74, 6) is 1.68. The average Bonchev–Trinajstić information content (AvgIpc) is 2.35. The summed E-state index contributed by atoms with van der Waals surface area (Å²) in [5, 5.41) is 3.32. The molecular formula is C13H20BrNO2. The lowest BCUT2D eigenvalue weighted by atomic mass is 10.1. The zero-order valence-corrected chi connectivity index (χ0v) is 12.3. The molecule has 1 rings (SSSR count). The minimum atomic E-state index is 0.803. The van der Waals surface area contributed by atoms with Gasteiger partial charge in [0, 0.05) is 0 Å². The minimum Gasteiger partial charge on any atom is -0.495 e. The predicted octanol–water partition coefficient (Wildman–Crippen LogP) is 3.01. The molecule has 0 atom stereocenters. The molecule has 3 nitrogen and oxygen atoms in total. The van der Waals surface area contributed by atoms with E-state index in [9.17, 15) is 0 Å². The van der Waals surface area contributed by atoms with Crippen molar-refractivity contribution in [2.45, 2.75) is 19.8 Å². The third-order valence-corrected chi connectivity index (χ3v) is 3.37. The first kappa shape index (κ1) is 14.3. The van der Waals surface area contributed by atoms with Crippen LogP contribution in [0.4, 0.5) is 0 Å².